The van der Waals surface area contributed by atoms with E-state index in [1.54, 1.807) is 4.68 Å². The molecule has 0 bridgehead atoms. The Morgan fingerprint density at radius 1 is 1.07 bits per heavy atom. The maximum absolute atomic E-state index is 5.62. The molecule has 0 N–H and O–H groups in total. The first-order valence-corrected chi connectivity index (χ1v) is 10.8. The van der Waals surface area contributed by atoms with E-state index >= 15 is 0 Å². The Labute approximate surface area is 166 Å². The van der Waals surface area contributed by atoms with Crippen LogP contribution < -0.4 is 0 Å². The zero-order valence-corrected chi connectivity index (χ0v) is 17.3. The molecule has 1 aromatic carbocycles. The molecule has 1 aliphatic carbocycles. The number of hydrogen-bond acceptors (Lipinski definition) is 5. The molecule has 0 atom stereocenters. The van der Waals surface area contributed by atoms with Crippen LogP contribution in [0.4, 0.5) is 0 Å². The molecule has 0 amide bonds. The van der Waals surface area contributed by atoms with Crippen LogP contribution >= 0.6 is 0 Å². The number of aryl methyl sites for hydroxylation is 1. The van der Waals surface area contributed by atoms with Gasteiger partial charge in [-0.05, 0) is 62.8 Å². The SMILES string of the molecule is CC.Cc1nn(-c2noc(C3CCN(CC4CCC4)CC3)n2)c2ccccc12. The molecule has 0 unspecified atom stereocenters. The molecule has 28 heavy (non-hydrogen) atoms. The van der Waals surface area contributed by atoms with Crippen molar-refractivity contribution in [1.29, 1.82) is 0 Å². The van der Waals surface area contributed by atoms with Crippen LogP contribution in [0.25, 0.3) is 16.9 Å². The third kappa shape index (κ3) is 3.70. The van der Waals surface area contributed by atoms with Crippen molar-refractivity contribution in [1.82, 2.24) is 24.8 Å². The molecule has 6 nitrogen and oxygen atoms in total. The maximum Gasteiger partial charge on any atom is 0.291 e. The zero-order chi connectivity index (χ0) is 19.5. The Morgan fingerprint density at radius 2 is 1.82 bits per heavy atom. The van der Waals surface area contributed by atoms with Gasteiger partial charge in [-0.2, -0.15) is 14.8 Å². The summed E-state index contributed by atoms with van der Waals surface area (Å²) in [5.74, 6) is 2.62. The third-order valence-electron chi connectivity index (χ3n) is 6.07. The molecule has 1 saturated carbocycles. The van der Waals surface area contributed by atoms with Crippen LogP contribution in [0.5, 0.6) is 0 Å². The van der Waals surface area contributed by atoms with E-state index < -0.39 is 0 Å². The van der Waals surface area contributed by atoms with Gasteiger partial charge < -0.3 is 9.42 Å². The number of piperidine rings is 1. The fourth-order valence-corrected chi connectivity index (χ4v) is 4.26. The van der Waals surface area contributed by atoms with Gasteiger partial charge in [0, 0.05) is 17.8 Å². The molecule has 2 fully saturated rings. The Kier molecular flexibility index (Phi) is 5.76. The molecule has 150 valence electrons. The van der Waals surface area contributed by atoms with E-state index in [1.165, 1.54) is 25.8 Å². The fraction of sp³-hybridized carbons (Fsp3) is 0.591. The van der Waals surface area contributed by atoms with Crippen molar-refractivity contribution in [2.45, 2.75) is 58.8 Å². The molecule has 3 aromatic rings. The summed E-state index contributed by atoms with van der Waals surface area (Å²) in [7, 11) is 0. The summed E-state index contributed by atoms with van der Waals surface area (Å²) in [5, 5.41) is 9.95. The number of likely N-dealkylation sites (tertiary alicyclic amines) is 1. The second-order valence-corrected chi connectivity index (χ2v) is 7.82. The van der Waals surface area contributed by atoms with E-state index in [9.17, 15) is 0 Å². The minimum absolute atomic E-state index is 0.372. The molecular weight excluding hydrogens is 350 g/mol. The van der Waals surface area contributed by atoms with Crippen molar-refractivity contribution in [3.8, 4) is 5.95 Å². The normalized spacial score (nSPS) is 18.7. The lowest BCUT2D eigenvalue weighted by Crippen LogP contribution is -2.38. The van der Waals surface area contributed by atoms with Crippen LogP contribution in [0.15, 0.2) is 28.8 Å². The summed E-state index contributed by atoms with van der Waals surface area (Å²) < 4.78 is 7.42. The smallest absolute Gasteiger partial charge is 0.291 e. The lowest BCUT2D eigenvalue weighted by atomic mass is 9.84. The second kappa shape index (κ2) is 8.43. The molecule has 1 saturated heterocycles. The summed E-state index contributed by atoms with van der Waals surface area (Å²) in [4.78, 5) is 7.30. The van der Waals surface area contributed by atoms with Gasteiger partial charge >= 0.3 is 0 Å². The number of rotatable bonds is 4. The van der Waals surface area contributed by atoms with E-state index in [4.69, 9.17) is 4.52 Å². The van der Waals surface area contributed by atoms with Crippen LogP contribution in [0.3, 0.4) is 0 Å². The van der Waals surface area contributed by atoms with Gasteiger partial charge in [0.1, 0.15) is 0 Å². The highest BCUT2D eigenvalue weighted by Crippen LogP contribution is 2.31. The summed E-state index contributed by atoms with van der Waals surface area (Å²) in [5.41, 5.74) is 2.00. The summed E-state index contributed by atoms with van der Waals surface area (Å²) in [6.45, 7) is 9.57. The first-order valence-electron chi connectivity index (χ1n) is 10.8. The van der Waals surface area contributed by atoms with E-state index in [0.717, 1.165) is 54.3 Å². The van der Waals surface area contributed by atoms with Crippen LogP contribution in [0, 0.1) is 12.8 Å². The van der Waals surface area contributed by atoms with Gasteiger partial charge in [-0.25, -0.2) is 0 Å². The third-order valence-corrected chi connectivity index (χ3v) is 6.07. The first-order chi connectivity index (χ1) is 13.8. The van der Waals surface area contributed by atoms with Crippen molar-refractivity contribution in [2.24, 2.45) is 5.92 Å². The largest absolute Gasteiger partial charge is 0.337 e. The molecule has 0 spiro atoms. The fourth-order valence-electron chi connectivity index (χ4n) is 4.26. The van der Waals surface area contributed by atoms with Crippen molar-refractivity contribution >= 4 is 10.9 Å². The van der Waals surface area contributed by atoms with E-state index in [-0.39, 0.29) is 0 Å². The highest BCUT2D eigenvalue weighted by Gasteiger charge is 2.28. The Hall–Kier alpha value is -2.21. The highest BCUT2D eigenvalue weighted by molar-refractivity contribution is 5.82. The molecular formula is C22H31N5O. The van der Waals surface area contributed by atoms with Crippen molar-refractivity contribution in [3.63, 3.8) is 0 Å². The molecule has 5 rings (SSSR count). The average molecular weight is 382 g/mol. The van der Waals surface area contributed by atoms with E-state index in [2.05, 4.69) is 26.2 Å². The van der Waals surface area contributed by atoms with Crippen molar-refractivity contribution < 1.29 is 4.52 Å². The van der Waals surface area contributed by atoms with Crippen LogP contribution in [-0.2, 0) is 0 Å². The predicted octanol–water partition coefficient (Wildman–Crippen LogP) is 4.72. The van der Waals surface area contributed by atoms with Crippen LogP contribution in [-0.4, -0.2) is 44.5 Å². The molecule has 2 aliphatic rings. The number of aromatic nitrogens is 4. The molecule has 1 aliphatic heterocycles. The topological polar surface area (TPSA) is 60.0 Å². The zero-order valence-electron chi connectivity index (χ0n) is 17.3. The van der Waals surface area contributed by atoms with Crippen LogP contribution in [0.2, 0.25) is 0 Å². The van der Waals surface area contributed by atoms with E-state index in [0.29, 0.717) is 11.9 Å². The standard InChI is InChI=1S/C20H25N5O.C2H6/c1-14-17-7-2-3-8-18(17)25(22-14)20-21-19(26-23-20)16-9-11-24(12-10-16)13-15-5-4-6-15;1-2/h2-3,7-8,15-16H,4-6,9-13H2,1H3;1-2H3. The van der Waals surface area contributed by atoms with Gasteiger partial charge in [0.25, 0.3) is 5.95 Å². The van der Waals surface area contributed by atoms with Gasteiger partial charge in [-0.1, -0.05) is 38.5 Å². The second-order valence-electron chi connectivity index (χ2n) is 7.82. The van der Waals surface area contributed by atoms with Crippen LogP contribution in [0.1, 0.15) is 63.5 Å². The summed E-state index contributed by atoms with van der Waals surface area (Å²) >= 11 is 0. The number of benzene rings is 1. The number of nitrogens with zero attached hydrogens (tertiary/aromatic N) is 5. The summed E-state index contributed by atoms with van der Waals surface area (Å²) in [6.07, 6.45) is 6.47. The van der Waals surface area contributed by atoms with Gasteiger partial charge in [-0.3, -0.25) is 0 Å². The predicted molar refractivity (Wildman–Crippen MR) is 111 cm³/mol. The molecule has 2 aromatic heterocycles. The molecule has 3 heterocycles. The Balaban J connectivity index is 0.000000932. The van der Waals surface area contributed by atoms with Gasteiger partial charge in [-0.15, -0.1) is 0 Å². The molecule has 6 heteroatoms. The van der Waals surface area contributed by atoms with Crippen molar-refractivity contribution in [2.75, 3.05) is 19.6 Å². The maximum atomic E-state index is 5.62. The Bertz CT molecular complexity index is 903. The lowest BCUT2D eigenvalue weighted by molar-refractivity contribution is 0.139. The monoisotopic (exact) mass is 381 g/mol. The minimum atomic E-state index is 0.372. The quantitative estimate of drug-likeness (QED) is 0.654. The summed E-state index contributed by atoms with van der Waals surface area (Å²) in [6, 6.07) is 8.16. The lowest BCUT2D eigenvalue weighted by Gasteiger charge is -2.36. The number of para-hydroxylation sites is 1. The van der Waals surface area contributed by atoms with E-state index in [1.807, 2.05) is 39.0 Å². The number of hydrogen-bond donors (Lipinski definition) is 0. The number of fused-ring (bicyclic) bond motifs is 1. The minimum Gasteiger partial charge on any atom is -0.337 e. The highest BCUT2D eigenvalue weighted by atomic mass is 16.5. The van der Waals surface area contributed by atoms with Crippen molar-refractivity contribution in [3.05, 3.63) is 35.9 Å². The van der Waals surface area contributed by atoms with Gasteiger partial charge in [0.2, 0.25) is 5.89 Å². The van der Waals surface area contributed by atoms with Gasteiger partial charge in [0.15, 0.2) is 0 Å². The Morgan fingerprint density at radius 3 is 2.54 bits per heavy atom. The van der Waals surface area contributed by atoms with Gasteiger partial charge in [0.05, 0.1) is 11.2 Å². The molecule has 0 radical (unpaired) electrons. The first kappa shape index (κ1) is 19.1. The average Bonchev–Trinajstić information content (AvgIpc) is 3.32.